The SMILES string of the molecule is O=C(CCCNc1ncnc2ccccc12)Nc1cccc(Cl)c1. The number of nitrogens with zero attached hydrogens (tertiary/aromatic N) is 2. The molecule has 2 aromatic carbocycles. The first-order chi connectivity index (χ1) is 11.7. The minimum atomic E-state index is -0.0355. The van der Waals surface area contributed by atoms with Crippen molar-refractivity contribution in [2.45, 2.75) is 12.8 Å². The monoisotopic (exact) mass is 340 g/mol. The number of rotatable bonds is 6. The molecule has 3 rings (SSSR count). The zero-order chi connectivity index (χ0) is 16.8. The summed E-state index contributed by atoms with van der Waals surface area (Å²) < 4.78 is 0. The van der Waals surface area contributed by atoms with Crippen molar-refractivity contribution >= 4 is 39.9 Å². The lowest BCUT2D eigenvalue weighted by Crippen LogP contribution is -2.13. The molecule has 24 heavy (non-hydrogen) atoms. The van der Waals surface area contributed by atoms with Crippen molar-refractivity contribution in [3.05, 3.63) is 59.9 Å². The molecule has 1 heterocycles. The van der Waals surface area contributed by atoms with E-state index in [9.17, 15) is 4.79 Å². The van der Waals surface area contributed by atoms with E-state index in [2.05, 4.69) is 20.6 Å². The van der Waals surface area contributed by atoms with Crippen molar-refractivity contribution < 1.29 is 4.79 Å². The number of amides is 1. The summed E-state index contributed by atoms with van der Waals surface area (Å²) in [6.07, 6.45) is 2.66. The van der Waals surface area contributed by atoms with E-state index in [1.165, 1.54) is 6.33 Å². The number of nitrogens with one attached hydrogen (secondary N) is 2. The summed E-state index contributed by atoms with van der Waals surface area (Å²) in [7, 11) is 0. The minimum Gasteiger partial charge on any atom is -0.369 e. The number of carbonyl (C=O) groups is 1. The number of hydrogen-bond acceptors (Lipinski definition) is 4. The molecule has 0 spiro atoms. The lowest BCUT2D eigenvalue weighted by Gasteiger charge is -2.08. The van der Waals surface area contributed by atoms with E-state index in [0.717, 1.165) is 16.7 Å². The number of hydrogen-bond donors (Lipinski definition) is 2. The summed E-state index contributed by atoms with van der Waals surface area (Å²) in [4.78, 5) is 20.4. The highest BCUT2D eigenvalue weighted by Crippen LogP contribution is 2.18. The molecule has 0 fully saturated rings. The van der Waals surface area contributed by atoms with E-state index in [4.69, 9.17) is 11.6 Å². The highest BCUT2D eigenvalue weighted by atomic mass is 35.5. The first-order valence-electron chi connectivity index (χ1n) is 7.71. The molecule has 0 bridgehead atoms. The van der Waals surface area contributed by atoms with Crippen molar-refractivity contribution in [2.24, 2.45) is 0 Å². The van der Waals surface area contributed by atoms with Crippen LogP contribution in [0.25, 0.3) is 10.9 Å². The lowest BCUT2D eigenvalue weighted by molar-refractivity contribution is -0.116. The third-order valence-corrected chi connectivity index (χ3v) is 3.76. The fraction of sp³-hybridized carbons (Fsp3) is 0.167. The molecule has 122 valence electrons. The third-order valence-electron chi connectivity index (χ3n) is 3.52. The van der Waals surface area contributed by atoms with Crippen LogP contribution in [0.1, 0.15) is 12.8 Å². The summed E-state index contributed by atoms with van der Waals surface area (Å²) >= 11 is 5.90. The number of benzene rings is 2. The van der Waals surface area contributed by atoms with Gasteiger partial charge in [-0.25, -0.2) is 9.97 Å². The molecule has 0 saturated heterocycles. The molecule has 6 heteroatoms. The molecule has 3 aromatic rings. The summed E-state index contributed by atoms with van der Waals surface area (Å²) in [5, 5.41) is 7.68. The molecule has 0 aliphatic heterocycles. The van der Waals surface area contributed by atoms with Crippen LogP contribution in [0.4, 0.5) is 11.5 Å². The molecule has 2 N–H and O–H groups in total. The van der Waals surface area contributed by atoms with Crippen molar-refractivity contribution in [3.63, 3.8) is 0 Å². The molecular formula is C18H17ClN4O. The van der Waals surface area contributed by atoms with Gasteiger partial charge in [0.25, 0.3) is 0 Å². The van der Waals surface area contributed by atoms with Crippen molar-refractivity contribution in [3.8, 4) is 0 Å². The summed E-state index contributed by atoms with van der Waals surface area (Å²) in [6, 6.07) is 14.9. The molecule has 0 saturated carbocycles. The number of aromatic nitrogens is 2. The molecule has 5 nitrogen and oxygen atoms in total. The number of halogens is 1. The molecule has 0 aliphatic carbocycles. The van der Waals surface area contributed by atoms with E-state index in [-0.39, 0.29) is 5.91 Å². The van der Waals surface area contributed by atoms with Crippen LogP contribution in [0, 0.1) is 0 Å². The third kappa shape index (κ3) is 4.20. The van der Waals surface area contributed by atoms with Gasteiger partial charge in [-0.1, -0.05) is 29.8 Å². The predicted octanol–water partition coefficient (Wildman–Crippen LogP) is 4.11. The molecule has 0 radical (unpaired) electrons. The van der Waals surface area contributed by atoms with E-state index >= 15 is 0 Å². The Morgan fingerprint density at radius 1 is 1.08 bits per heavy atom. The largest absolute Gasteiger partial charge is 0.369 e. The maximum absolute atomic E-state index is 11.9. The maximum Gasteiger partial charge on any atom is 0.224 e. The fourth-order valence-corrected chi connectivity index (χ4v) is 2.58. The van der Waals surface area contributed by atoms with Gasteiger partial charge >= 0.3 is 0 Å². The van der Waals surface area contributed by atoms with E-state index in [0.29, 0.717) is 30.1 Å². The van der Waals surface area contributed by atoms with Gasteiger partial charge < -0.3 is 10.6 Å². The summed E-state index contributed by atoms with van der Waals surface area (Å²) in [5.41, 5.74) is 1.61. The van der Waals surface area contributed by atoms with E-state index in [1.54, 1.807) is 18.2 Å². The second-order valence-electron chi connectivity index (χ2n) is 5.33. The quantitative estimate of drug-likeness (QED) is 0.662. The summed E-state index contributed by atoms with van der Waals surface area (Å²) in [5.74, 6) is 0.752. The molecule has 1 amide bonds. The smallest absolute Gasteiger partial charge is 0.224 e. The van der Waals surface area contributed by atoms with Crippen LogP contribution in [0.2, 0.25) is 5.02 Å². The van der Waals surface area contributed by atoms with Gasteiger partial charge in [-0.2, -0.15) is 0 Å². The lowest BCUT2D eigenvalue weighted by atomic mass is 10.2. The highest BCUT2D eigenvalue weighted by Gasteiger charge is 2.05. The molecule has 0 aliphatic rings. The predicted molar refractivity (Wildman–Crippen MR) is 97.3 cm³/mol. The summed E-state index contributed by atoms with van der Waals surface area (Å²) in [6.45, 7) is 0.657. The van der Waals surface area contributed by atoms with Crippen LogP contribution in [-0.2, 0) is 4.79 Å². The second-order valence-corrected chi connectivity index (χ2v) is 5.76. The normalized spacial score (nSPS) is 10.5. The van der Waals surface area contributed by atoms with Gasteiger partial charge in [0.15, 0.2) is 0 Å². The standard InChI is InChI=1S/C18H17ClN4O/c19-13-5-3-6-14(11-13)23-17(24)9-4-10-20-18-15-7-1-2-8-16(15)21-12-22-18/h1-3,5-8,11-12H,4,9-10H2,(H,23,24)(H,20,21,22). The van der Waals surface area contributed by atoms with Crippen molar-refractivity contribution in [1.82, 2.24) is 9.97 Å². The average Bonchev–Trinajstić information content (AvgIpc) is 2.59. The van der Waals surface area contributed by atoms with Gasteiger partial charge in [-0.05, 0) is 36.8 Å². The Morgan fingerprint density at radius 2 is 1.96 bits per heavy atom. The number of fused-ring (bicyclic) bond motifs is 1. The van der Waals surface area contributed by atoms with Crippen molar-refractivity contribution in [1.29, 1.82) is 0 Å². The maximum atomic E-state index is 11.9. The topological polar surface area (TPSA) is 66.9 Å². The first-order valence-corrected chi connectivity index (χ1v) is 8.09. The van der Waals surface area contributed by atoms with Crippen LogP contribution in [-0.4, -0.2) is 22.4 Å². The zero-order valence-electron chi connectivity index (χ0n) is 13.0. The molecular weight excluding hydrogens is 324 g/mol. The zero-order valence-corrected chi connectivity index (χ0v) is 13.8. The minimum absolute atomic E-state index is 0.0355. The van der Waals surface area contributed by atoms with Crippen LogP contribution < -0.4 is 10.6 Å². The first kappa shape index (κ1) is 16.2. The molecule has 0 atom stereocenters. The van der Waals surface area contributed by atoms with Gasteiger partial charge in [0.05, 0.1) is 5.52 Å². The molecule has 0 unspecified atom stereocenters. The Kier molecular flexibility index (Phi) is 5.23. The Labute approximate surface area is 145 Å². The van der Waals surface area contributed by atoms with Gasteiger partial charge in [-0.3, -0.25) is 4.79 Å². The van der Waals surface area contributed by atoms with Gasteiger partial charge in [0.2, 0.25) is 5.91 Å². The van der Waals surface area contributed by atoms with Gasteiger partial charge in [0, 0.05) is 29.1 Å². The number of anilines is 2. The second kappa shape index (κ2) is 7.75. The molecule has 1 aromatic heterocycles. The fourth-order valence-electron chi connectivity index (χ4n) is 2.39. The van der Waals surface area contributed by atoms with Crippen LogP contribution in [0.15, 0.2) is 54.9 Å². The highest BCUT2D eigenvalue weighted by molar-refractivity contribution is 6.30. The average molecular weight is 341 g/mol. The van der Waals surface area contributed by atoms with Gasteiger partial charge in [0.1, 0.15) is 12.1 Å². The Bertz CT molecular complexity index is 848. The Balaban J connectivity index is 1.49. The van der Waals surface area contributed by atoms with Crippen LogP contribution >= 0.6 is 11.6 Å². The van der Waals surface area contributed by atoms with Crippen LogP contribution in [0.5, 0.6) is 0 Å². The Morgan fingerprint density at radius 3 is 2.83 bits per heavy atom. The number of carbonyl (C=O) groups excluding carboxylic acids is 1. The van der Waals surface area contributed by atoms with Crippen molar-refractivity contribution in [2.75, 3.05) is 17.2 Å². The van der Waals surface area contributed by atoms with Gasteiger partial charge in [-0.15, -0.1) is 0 Å². The Hall–Kier alpha value is -2.66. The van der Waals surface area contributed by atoms with E-state index < -0.39 is 0 Å². The number of para-hydroxylation sites is 1. The van der Waals surface area contributed by atoms with Crippen LogP contribution in [0.3, 0.4) is 0 Å². The van der Waals surface area contributed by atoms with E-state index in [1.807, 2.05) is 30.3 Å².